The fourth-order valence-electron chi connectivity index (χ4n) is 2.43. The van der Waals surface area contributed by atoms with Gasteiger partial charge >= 0.3 is 0 Å². The number of carbonyl (C=O) groups excluding carboxylic acids is 1. The molecule has 1 aromatic carbocycles. The van der Waals surface area contributed by atoms with Crippen molar-refractivity contribution in [3.63, 3.8) is 0 Å². The average Bonchev–Trinajstić information content (AvgIpc) is 2.42. The number of nitrogens with zero attached hydrogens (tertiary/aromatic N) is 1. The summed E-state index contributed by atoms with van der Waals surface area (Å²) in [5, 5.41) is 0. The quantitative estimate of drug-likeness (QED) is 0.848. The summed E-state index contributed by atoms with van der Waals surface area (Å²) < 4.78 is 5.34. The van der Waals surface area contributed by atoms with Crippen LogP contribution in [0, 0.1) is 12.8 Å². The summed E-state index contributed by atoms with van der Waals surface area (Å²) in [5.74, 6) is 0.618. The normalized spacial score (nSPS) is 16.3. The smallest absolute Gasteiger partial charge is 0.253 e. The van der Waals surface area contributed by atoms with Gasteiger partial charge in [-0.3, -0.25) is 4.79 Å². The van der Waals surface area contributed by atoms with Crippen molar-refractivity contribution in [1.29, 1.82) is 0 Å². The zero-order chi connectivity index (χ0) is 13.8. The van der Waals surface area contributed by atoms with Crippen LogP contribution in [0.2, 0.25) is 0 Å². The molecule has 0 spiro atoms. The van der Waals surface area contributed by atoms with E-state index in [4.69, 9.17) is 10.5 Å². The highest BCUT2D eigenvalue weighted by atomic mass is 16.5. The molecule has 1 fully saturated rings. The van der Waals surface area contributed by atoms with Crippen molar-refractivity contribution in [3.05, 3.63) is 29.3 Å². The molecule has 1 heterocycles. The van der Waals surface area contributed by atoms with E-state index in [1.54, 1.807) is 17.0 Å². The van der Waals surface area contributed by atoms with E-state index in [1.807, 2.05) is 20.0 Å². The summed E-state index contributed by atoms with van der Waals surface area (Å²) in [6, 6.07) is 5.45. The first-order chi connectivity index (χ1) is 9.08. The zero-order valence-corrected chi connectivity index (χ0v) is 11.7. The maximum atomic E-state index is 12.3. The molecule has 0 bridgehead atoms. The number of carbonyl (C=O) groups is 1. The van der Waals surface area contributed by atoms with Crippen molar-refractivity contribution in [3.8, 4) is 0 Å². The van der Waals surface area contributed by atoms with Crippen LogP contribution in [-0.4, -0.2) is 37.6 Å². The molecule has 0 saturated carbocycles. The van der Waals surface area contributed by atoms with Crippen LogP contribution < -0.4 is 5.73 Å². The van der Waals surface area contributed by atoms with Gasteiger partial charge in [0, 0.05) is 38.1 Å². The molecular formula is C15H22N2O2. The molecule has 19 heavy (non-hydrogen) atoms. The van der Waals surface area contributed by atoms with Crippen LogP contribution >= 0.6 is 0 Å². The minimum atomic E-state index is 0.0644. The molecule has 4 heteroatoms. The van der Waals surface area contributed by atoms with Crippen molar-refractivity contribution in [2.45, 2.75) is 19.8 Å². The Bertz CT molecular complexity index is 453. The van der Waals surface area contributed by atoms with Gasteiger partial charge in [0.25, 0.3) is 5.91 Å². The number of anilines is 1. The number of hydrogen-bond acceptors (Lipinski definition) is 3. The second kappa shape index (κ2) is 6.06. The first-order valence-electron chi connectivity index (χ1n) is 6.77. The molecule has 4 nitrogen and oxygen atoms in total. The van der Waals surface area contributed by atoms with Crippen LogP contribution in [0.3, 0.4) is 0 Å². The fraction of sp³-hybridized carbons (Fsp3) is 0.533. The van der Waals surface area contributed by atoms with Gasteiger partial charge in [0.1, 0.15) is 0 Å². The van der Waals surface area contributed by atoms with E-state index in [0.717, 1.165) is 43.9 Å². The number of nitrogen functional groups attached to an aromatic ring is 1. The molecule has 2 N–H and O–H groups in total. The molecule has 0 aliphatic carbocycles. The summed E-state index contributed by atoms with van der Waals surface area (Å²) >= 11 is 0. The summed E-state index contributed by atoms with van der Waals surface area (Å²) in [6.45, 7) is 4.34. The molecule has 1 aliphatic rings. The van der Waals surface area contributed by atoms with Crippen molar-refractivity contribution in [2.24, 2.45) is 5.92 Å². The number of hydrogen-bond donors (Lipinski definition) is 1. The number of aryl methyl sites for hydroxylation is 1. The lowest BCUT2D eigenvalue weighted by molar-refractivity contribution is 0.0497. The number of rotatable bonds is 3. The summed E-state index contributed by atoms with van der Waals surface area (Å²) in [6.07, 6.45) is 2.08. The number of benzene rings is 1. The van der Waals surface area contributed by atoms with Gasteiger partial charge in [-0.15, -0.1) is 0 Å². The van der Waals surface area contributed by atoms with Crippen LogP contribution in [0.15, 0.2) is 18.2 Å². The van der Waals surface area contributed by atoms with Gasteiger partial charge in [-0.2, -0.15) is 0 Å². The molecule has 0 unspecified atom stereocenters. The van der Waals surface area contributed by atoms with Gasteiger partial charge in [-0.05, 0) is 49.4 Å². The number of nitrogens with two attached hydrogens (primary N) is 1. The van der Waals surface area contributed by atoms with Crippen LogP contribution in [0.4, 0.5) is 5.69 Å². The van der Waals surface area contributed by atoms with Gasteiger partial charge in [0.05, 0.1) is 0 Å². The Kier molecular flexibility index (Phi) is 4.43. The van der Waals surface area contributed by atoms with Crippen LogP contribution in [0.1, 0.15) is 28.8 Å². The lowest BCUT2D eigenvalue weighted by Gasteiger charge is -2.27. The zero-order valence-electron chi connectivity index (χ0n) is 11.7. The third-order valence-corrected chi connectivity index (χ3v) is 3.74. The predicted octanol–water partition coefficient (Wildman–Crippen LogP) is 2.08. The van der Waals surface area contributed by atoms with E-state index < -0.39 is 0 Å². The molecule has 1 saturated heterocycles. The minimum Gasteiger partial charge on any atom is -0.399 e. The lowest BCUT2D eigenvalue weighted by Crippen LogP contribution is -2.34. The highest BCUT2D eigenvalue weighted by Crippen LogP contribution is 2.18. The summed E-state index contributed by atoms with van der Waals surface area (Å²) in [5.41, 5.74) is 8.16. The number of ether oxygens (including phenoxy) is 1. The topological polar surface area (TPSA) is 55.6 Å². The molecule has 0 radical (unpaired) electrons. The van der Waals surface area contributed by atoms with Crippen molar-refractivity contribution in [1.82, 2.24) is 4.90 Å². The van der Waals surface area contributed by atoms with Crippen molar-refractivity contribution in [2.75, 3.05) is 32.5 Å². The maximum Gasteiger partial charge on any atom is 0.253 e. The maximum absolute atomic E-state index is 12.3. The molecule has 1 aliphatic heterocycles. The molecular weight excluding hydrogens is 240 g/mol. The average molecular weight is 262 g/mol. The Morgan fingerprint density at radius 2 is 2.11 bits per heavy atom. The molecule has 0 atom stereocenters. The second-order valence-corrected chi connectivity index (χ2v) is 5.31. The Balaban J connectivity index is 1.99. The molecule has 1 aromatic rings. The fourth-order valence-corrected chi connectivity index (χ4v) is 2.43. The van der Waals surface area contributed by atoms with Gasteiger partial charge in [-0.25, -0.2) is 0 Å². The molecule has 104 valence electrons. The molecule has 2 rings (SSSR count). The van der Waals surface area contributed by atoms with Crippen LogP contribution in [-0.2, 0) is 4.74 Å². The Hall–Kier alpha value is -1.55. The van der Waals surface area contributed by atoms with E-state index in [1.165, 1.54) is 0 Å². The summed E-state index contributed by atoms with van der Waals surface area (Å²) in [7, 11) is 1.86. The van der Waals surface area contributed by atoms with Crippen molar-refractivity contribution >= 4 is 11.6 Å². The van der Waals surface area contributed by atoms with E-state index in [9.17, 15) is 4.79 Å². The highest BCUT2D eigenvalue weighted by molar-refractivity contribution is 5.94. The summed E-state index contributed by atoms with van der Waals surface area (Å²) in [4.78, 5) is 14.1. The van der Waals surface area contributed by atoms with Gasteiger partial charge < -0.3 is 15.4 Å². The van der Waals surface area contributed by atoms with Crippen LogP contribution in [0.5, 0.6) is 0 Å². The Morgan fingerprint density at radius 1 is 1.42 bits per heavy atom. The third kappa shape index (κ3) is 3.47. The highest BCUT2D eigenvalue weighted by Gasteiger charge is 2.19. The molecule has 0 aromatic heterocycles. The minimum absolute atomic E-state index is 0.0644. The van der Waals surface area contributed by atoms with Gasteiger partial charge in [-0.1, -0.05) is 0 Å². The number of amides is 1. The van der Waals surface area contributed by atoms with Crippen LogP contribution in [0.25, 0.3) is 0 Å². The molecule has 1 amide bonds. The van der Waals surface area contributed by atoms with E-state index >= 15 is 0 Å². The van der Waals surface area contributed by atoms with E-state index in [0.29, 0.717) is 11.5 Å². The standard InChI is InChI=1S/C15H22N2O2/c1-11-9-13(3-4-14(11)16)15(18)17(2)10-12-5-7-19-8-6-12/h3-4,9,12H,5-8,10,16H2,1-2H3. The largest absolute Gasteiger partial charge is 0.399 e. The first kappa shape index (κ1) is 13.9. The van der Waals surface area contributed by atoms with E-state index in [2.05, 4.69) is 0 Å². The SMILES string of the molecule is Cc1cc(C(=O)N(C)CC2CCOCC2)ccc1N. The second-order valence-electron chi connectivity index (χ2n) is 5.31. The van der Waals surface area contributed by atoms with Gasteiger partial charge in [0.15, 0.2) is 0 Å². The van der Waals surface area contributed by atoms with E-state index in [-0.39, 0.29) is 5.91 Å². The third-order valence-electron chi connectivity index (χ3n) is 3.74. The first-order valence-corrected chi connectivity index (χ1v) is 6.77. The Morgan fingerprint density at radius 3 is 2.74 bits per heavy atom. The monoisotopic (exact) mass is 262 g/mol. The van der Waals surface area contributed by atoms with Crippen molar-refractivity contribution < 1.29 is 9.53 Å². The predicted molar refractivity (Wildman–Crippen MR) is 76.1 cm³/mol. The lowest BCUT2D eigenvalue weighted by atomic mass is 9.99. The van der Waals surface area contributed by atoms with Gasteiger partial charge in [0.2, 0.25) is 0 Å². The Labute approximate surface area is 114 Å².